The molecular weight excluding hydrogens is 418 g/mol. The van der Waals surface area contributed by atoms with Gasteiger partial charge in [-0.15, -0.1) is 0 Å². The summed E-state index contributed by atoms with van der Waals surface area (Å²) in [6, 6.07) is 8.99. The van der Waals surface area contributed by atoms with Crippen LogP contribution in [0.15, 0.2) is 42.7 Å². The van der Waals surface area contributed by atoms with Crippen molar-refractivity contribution >= 4 is 17.9 Å². The third kappa shape index (κ3) is 6.00. The van der Waals surface area contributed by atoms with Crippen molar-refractivity contribution < 1.29 is 14.3 Å². The van der Waals surface area contributed by atoms with E-state index in [1.54, 1.807) is 35.3 Å². The van der Waals surface area contributed by atoms with Crippen LogP contribution in [-0.4, -0.2) is 71.5 Å². The molecule has 33 heavy (non-hydrogen) atoms. The summed E-state index contributed by atoms with van der Waals surface area (Å²) >= 11 is 0. The van der Waals surface area contributed by atoms with E-state index >= 15 is 0 Å². The highest BCUT2D eigenvalue weighted by atomic mass is 16.5. The van der Waals surface area contributed by atoms with Gasteiger partial charge in [-0.1, -0.05) is 38.2 Å². The molecule has 0 radical (unpaired) electrons. The Balaban J connectivity index is 1.27. The minimum Gasteiger partial charge on any atom is -0.494 e. The van der Waals surface area contributed by atoms with Crippen molar-refractivity contribution in [3.8, 4) is 5.75 Å². The van der Waals surface area contributed by atoms with E-state index in [9.17, 15) is 9.59 Å². The maximum Gasteiger partial charge on any atom is 0.326 e. The summed E-state index contributed by atoms with van der Waals surface area (Å²) in [6.45, 7) is 2.61. The minimum absolute atomic E-state index is 0.0282. The van der Waals surface area contributed by atoms with Crippen LogP contribution in [0, 0.1) is 5.92 Å². The second-order valence-electron chi connectivity index (χ2n) is 8.84. The van der Waals surface area contributed by atoms with Crippen LogP contribution in [0.25, 0.3) is 0 Å². The van der Waals surface area contributed by atoms with E-state index in [0.29, 0.717) is 44.3 Å². The third-order valence-electron chi connectivity index (χ3n) is 6.58. The van der Waals surface area contributed by atoms with Crippen molar-refractivity contribution in [1.29, 1.82) is 0 Å². The van der Waals surface area contributed by atoms with Crippen LogP contribution in [0.5, 0.6) is 5.75 Å². The van der Waals surface area contributed by atoms with Gasteiger partial charge in [0.15, 0.2) is 0 Å². The standard InChI is InChI=1S/C25H33N5O3/c1-28(24-26-12-6-13-27-24)25(32)30-16-14-29(15-17-30)23(31)21-9-5-10-22(19-21)33-18-11-20-7-3-2-4-8-20/h5-6,9-10,12-13,19-20H,2-4,7-8,11,14-18H2,1H3. The zero-order valence-electron chi connectivity index (χ0n) is 19.4. The van der Waals surface area contributed by atoms with Crippen LogP contribution in [0.3, 0.4) is 0 Å². The first-order valence-electron chi connectivity index (χ1n) is 11.9. The summed E-state index contributed by atoms with van der Waals surface area (Å²) in [6.07, 6.45) is 11.0. The predicted octanol–water partition coefficient (Wildman–Crippen LogP) is 3.84. The predicted molar refractivity (Wildman–Crippen MR) is 126 cm³/mol. The van der Waals surface area contributed by atoms with Crippen LogP contribution in [0.1, 0.15) is 48.9 Å². The monoisotopic (exact) mass is 451 g/mol. The fourth-order valence-electron chi connectivity index (χ4n) is 4.58. The molecule has 0 spiro atoms. The van der Waals surface area contributed by atoms with Crippen LogP contribution in [0.2, 0.25) is 0 Å². The molecular formula is C25H33N5O3. The van der Waals surface area contributed by atoms with Gasteiger partial charge in [0.05, 0.1) is 6.61 Å². The van der Waals surface area contributed by atoms with E-state index in [2.05, 4.69) is 9.97 Å². The molecule has 0 N–H and O–H groups in total. The zero-order chi connectivity index (χ0) is 23.0. The first-order valence-corrected chi connectivity index (χ1v) is 11.9. The Morgan fingerprint density at radius 1 is 1.00 bits per heavy atom. The van der Waals surface area contributed by atoms with Gasteiger partial charge in [-0.2, -0.15) is 0 Å². The number of carbonyl (C=O) groups excluding carboxylic acids is 2. The van der Waals surface area contributed by atoms with Crippen LogP contribution in [0.4, 0.5) is 10.7 Å². The number of benzene rings is 1. The molecule has 1 saturated heterocycles. The molecule has 1 aromatic carbocycles. The fraction of sp³-hybridized carbons (Fsp3) is 0.520. The fourth-order valence-corrected chi connectivity index (χ4v) is 4.58. The Kier molecular flexibility index (Phi) is 7.75. The quantitative estimate of drug-likeness (QED) is 0.667. The van der Waals surface area contributed by atoms with Crippen molar-refractivity contribution in [3.63, 3.8) is 0 Å². The van der Waals surface area contributed by atoms with E-state index in [0.717, 1.165) is 18.1 Å². The molecule has 1 aliphatic carbocycles. The zero-order valence-corrected chi connectivity index (χ0v) is 19.4. The number of hydrogen-bond acceptors (Lipinski definition) is 5. The minimum atomic E-state index is -0.165. The molecule has 1 aliphatic heterocycles. The summed E-state index contributed by atoms with van der Waals surface area (Å²) < 4.78 is 5.96. The summed E-state index contributed by atoms with van der Waals surface area (Å²) in [4.78, 5) is 39.0. The van der Waals surface area contributed by atoms with E-state index < -0.39 is 0 Å². The Morgan fingerprint density at radius 2 is 1.70 bits per heavy atom. The summed E-state index contributed by atoms with van der Waals surface area (Å²) in [5, 5.41) is 0. The summed E-state index contributed by atoms with van der Waals surface area (Å²) in [5.74, 6) is 1.85. The molecule has 2 aromatic rings. The lowest BCUT2D eigenvalue weighted by molar-refractivity contribution is 0.0668. The smallest absolute Gasteiger partial charge is 0.326 e. The molecule has 2 aliphatic rings. The van der Waals surface area contributed by atoms with Gasteiger partial charge in [-0.3, -0.25) is 9.69 Å². The second kappa shape index (κ2) is 11.1. The van der Waals surface area contributed by atoms with Gasteiger partial charge in [0.25, 0.3) is 5.91 Å². The lowest BCUT2D eigenvalue weighted by Gasteiger charge is -2.36. The first kappa shape index (κ1) is 23.0. The number of nitrogens with zero attached hydrogens (tertiary/aromatic N) is 5. The lowest BCUT2D eigenvalue weighted by atomic mass is 9.87. The molecule has 0 atom stereocenters. The molecule has 8 nitrogen and oxygen atoms in total. The van der Waals surface area contributed by atoms with Crippen LogP contribution in [-0.2, 0) is 0 Å². The number of rotatable bonds is 6. The van der Waals surface area contributed by atoms with Crippen molar-refractivity contribution in [2.24, 2.45) is 5.92 Å². The number of amides is 3. The van der Waals surface area contributed by atoms with Gasteiger partial charge in [-0.05, 0) is 36.6 Å². The van der Waals surface area contributed by atoms with Gasteiger partial charge < -0.3 is 14.5 Å². The molecule has 1 aromatic heterocycles. The van der Waals surface area contributed by atoms with Crippen molar-refractivity contribution in [1.82, 2.24) is 19.8 Å². The third-order valence-corrected chi connectivity index (χ3v) is 6.58. The average molecular weight is 452 g/mol. The van der Waals surface area contributed by atoms with Crippen LogP contribution >= 0.6 is 0 Å². The highest BCUT2D eigenvalue weighted by Gasteiger charge is 2.27. The Bertz CT molecular complexity index is 925. The maximum absolute atomic E-state index is 13.0. The molecule has 3 amide bonds. The molecule has 1 saturated carbocycles. The van der Waals surface area contributed by atoms with Crippen molar-refractivity contribution in [3.05, 3.63) is 48.3 Å². The SMILES string of the molecule is CN(C(=O)N1CCN(C(=O)c2cccc(OCCC3CCCCC3)c2)CC1)c1ncccn1. The molecule has 4 rings (SSSR count). The topological polar surface area (TPSA) is 78.9 Å². The van der Waals surface area contributed by atoms with Gasteiger partial charge in [0.1, 0.15) is 5.75 Å². The summed E-state index contributed by atoms with van der Waals surface area (Å²) in [5.41, 5.74) is 0.625. The molecule has 2 heterocycles. The lowest BCUT2D eigenvalue weighted by Crippen LogP contribution is -2.53. The molecule has 0 unspecified atom stereocenters. The van der Waals surface area contributed by atoms with Gasteiger partial charge in [0.2, 0.25) is 5.95 Å². The molecule has 0 bridgehead atoms. The van der Waals surface area contributed by atoms with E-state index in [4.69, 9.17) is 4.74 Å². The first-order chi connectivity index (χ1) is 16.1. The summed E-state index contributed by atoms with van der Waals surface area (Å²) in [7, 11) is 1.66. The van der Waals surface area contributed by atoms with Gasteiger partial charge >= 0.3 is 6.03 Å². The number of hydrogen-bond donors (Lipinski definition) is 0. The molecule has 2 fully saturated rings. The van der Waals surface area contributed by atoms with Gasteiger partial charge in [0, 0.05) is 51.2 Å². The van der Waals surface area contributed by atoms with Crippen molar-refractivity contribution in [2.45, 2.75) is 38.5 Å². The van der Waals surface area contributed by atoms with Crippen molar-refractivity contribution in [2.75, 3.05) is 44.7 Å². The highest BCUT2D eigenvalue weighted by molar-refractivity contribution is 5.95. The van der Waals surface area contributed by atoms with Gasteiger partial charge in [-0.25, -0.2) is 14.8 Å². The number of anilines is 1. The van der Waals surface area contributed by atoms with Crippen LogP contribution < -0.4 is 9.64 Å². The molecule has 8 heteroatoms. The van der Waals surface area contributed by atoms with E-state index in [1.807, 2.05) is 24.3 Å². The largest absolute Gasteiger partial charge is 0.494 e. The molecule has 176 valence electrons. The highest BCUT2D eigenvalue weighted by Crippen LogP contribution is 2.26. The Labute approximate surface area is 195 Å². The Hall–Kier alpha value is -3.16. The number of carbonyl (C=O) groups is 2. The van der Waals surface area contributed by atoms with E-state index in [1.165, 1.54) is 37.0 Å². The van der Waals surface area contributed by atoms with E-state index in [-0.39, 0.29) is 11.9 Å². The number of aromatic nitrogens is 2. The number of piperazine rings is 1. The average Bonchev–Trinajstić information content (AvgIpc) is 2.89. The number of urea groups is 1. The number of ether oxygens (including phenoxy) is 1. The second-order valence-corrected chi connectivity index (χ2v) is 8.84. The Morgan fingerprint density at radius 3 is 2.42 bits per heavy atom. The normalized spacial score (nSPS) is 17.0. The maximum atomic E-state index is 13.0.